The van der Waals surface area contributed by atoms with E-state index in [0.29, 0.717) is 17.8 Å². The van der Waals surface area contributed by atoms with Crippen LogP contribution in [0.3, 0.4) is 0 Å². The molecule has 0 spiro atoms. The molecule has 0 bridgehead atoms. The van der Waals surface area contributed by atoms with Crippen molar-refractivity contribution in [3.8, 4) is 0 Å². The third-order valence-corrected chi connectivity index (χ3v) is 15.1. The van der Waals surface area contributed by atoms with Gasteiger partial charge >= 0.3 is 0 Å². The summed E-state index contributed by atoms with van der Waals surface area (Å²) in [6.07, 6.45) is 34.9. The Morgan fingerprint density at radius 2 is 0.790 bits per heavy atom. The van der Waals surface area contributed by atoms with Gasteiger partial charge in [-0.15, -0.1) is 0 Å². The van der Waals surface area contributed by atoms with Gasteiger partial charge in [0.15, 0.2) is 0 Å². The van der Waals surface area contributed by atoms with E-state index in [0.717, 1.165) is 23.2 Å². The van der Waals surface area contributed by atoms with Crippen LogP contribution in [0.25, 0.3) is 0 Å². The number of hydrogen-bond acceptors (Lipinski definition) is 2. The lowest BCUT2D eigenvalue weighted by molar-refractivity contribution is 0.215. The Balaban J connectivity index is 1.43. The van der Waals surface area contributed by atoms with Gasteiger partial charge in [0.25, 0.3) is 0 Å². The number of rotatable bonds is 29. The Morgan fingerprint density at radius 1 is 0.403 bits per heavy atom. The van der Waals surface area contributed by atoms with E-state index in [4.69, 9.17) is 11.5 Å². The highest BCUT2D eigenvalue weighted by Gasteiger charge is 2.26. The van der Waals surface area contributed by atoms with Gasteiger partial charge in [0.05, 0.1) is 0 Å². The second-order valence-electron chi connectivity index (χ2n) is 19.9. The molecule has 1 aliphatic rings. The molecule has 0 saturated heterocycles. The number of benzene rings is 4. The van der Waals surface area contributed by atoms with Crippen molar-refractivity contribution in [3.63, 3.8) is 0 Å². The third kappa shape index (κ3) is 15.6. The lowest BCUT2D eigenvalue weighted by atomic mass is 9.74. The first-order chi connectivity index (χ1) is 30.3. The summed E-state index contributed by atoms with van der Waals surface area (Å²) >= 11 is 0. The van der Waals surface area contributed by atoms with Crippen molar-refractivity contribution in [3.05, 3.63) is 129 Å². The zero-order valence-corrected chi connectivity index (χ0v) is 40.5. The molecule has 1 fully saturated rings. The summed E-state index contributed by atoms with van der Waals surface area (Å²) in [4.78, 5) is 0. The second-order valence-corrected chi connectivity index (χ2v) is 19.9. The van der Waals surface area contributed by atoms with Crippen LogP contribution in [0.15, 0.2) is 84.9 Å². The molecular formula is C60H90N2. The molecule has 0 aromatic heterocycles. The summed E-state index contributed by atoms with van der Waals surface area (Å²) in [5.74, 6) is 2.94. The smallest absolute Gasteiger partial charge is 0.0316 e. The quantitative estimate of drug-likeness (QED) is 0.0423. The van der Waals surface area contributed by atoms with E-state index in [1.165, 1.54) is 211 Å². The number of anilines is 2. The van der Waals surface area contributed by atoms with Crippen molar-refractivity contribution in [2.45, 2.75) is 219 Å². The molecule has 0 amide bonds. The Morgan fingerprint density at radius 3 is 1.19 bits per heavy atom. The first-order valence-corrected chi connectivity index (χ1v) is 26.2. The van der Waals surface area contributed by atoms with Crippen LogP contribution in [-0.2, 0) is 0 Å². The number of hydrogen-bond donors (Lipinski definition) is 2. The molecule has 4 aromatic carbocycles. The molecule has 340 valence electrons. The van der Waals surface area contributed by atoms with Gasteiger partial charge in [0, 0.05) is 29.1 Å². The van der Waals surface area contributed by atoms with Crippen molar-refractivity contribution >= 4 is 11.4 Å². The second kappa shape index (κ2) is 27.6. The maximum Gasteiger partial charge on any atom is 0.0316 e. The van der Waals surface area contributed by atoms with Crippen LogP contribution in [0.5, 0.6) is 0 Å². The molecule has 5 rings (SSSR count). The predicted octanol–water partition coefficient (Wildman–Crippen LogP) is 18.3. The average molecular weight is 839 g/mol. The first-order valence-electron chi connectivity index (χ1n) is 26.2. The van der Waals surface area contributed by atoms with Crippen LogP contribution in [0.4, 0.5) is 11.4 Å². The minimum absolute atomic E-state index is 0.394. The van der Waals surface area contributed by atoms with Gasteiger partial charge in [-0.25, -0.2) is 0 Å². The molecule has 4 aromatic rings. The minimum Gasteiger partial charge on any atom is -0.399 e. The SMILES string of the molecule is CCCCCCCCCC(c1ccc(C(CCC(CCCC)C2CCCCC2)c2ccc(C(CCCCCCCCC)c3ccc(N)cc3C)cc2)cc1)c1ccc(N)cc1C. The van der Waals surface area contributed by atoms with E-state index in [2.05, 4.69) is 120 Å². The molecule has 3 atom stereocenters. The highest BCUT2D eigenvalue weighted by atomic mass is 14.5. The zero-order chi connectivity index (χ0) is 43.9. The van der Waals surface area contributed by atoms with E-state index in [9.17, 15) is 0 Å². The van der Waals surface area contributed by atoms with Gasteiger partial charge in [-0.3, -0.25) is 0 Å². The van der Waals surface area contributed by atoms with Crippen molar-refractivity contribution in [2.24, 2.45) is 11.8 Å². The molecule has 0 aliphatic heterocycles. The number of unbranched alkanes of at least 4 members (excludes halogenated alkanes) is 13. The van der Waals surface area contributed by atoms with Crippen LogP contribution >= 0.6 is 0 Å². The van der Waals surface area contributed by atoms with Gasteiger partial charge in [0.2, 0.25) is 0 Å². The Kier molecular flexibility index (Phi) is 22.0. The highest BCUT2D eigenvalue weighted by molar-refractivity contribution is 5.50. The summed E-state index contributed by atoms with van der Waals surface area (Å²) in [6.45, 7) is 11.5. The lowest BCUT2D eigenvalue weighted by Crippen LogP contribution is -2.19. The van der Waals surface area contributed by atoms with Gasteiger partial charge in [0.1, 0.15) is 0 Å². The summed E-state index contributed by atoms with van der Waals surface area (Å²) in [6, 6.07) is 33.2. The van der Waals surface area contributed by atoms with E-state index in [-0.39, 0.29) is 0 Å². The van der Waals surface area contributed by atoms with Crippen LogP contribution in [0.2, 0.25) is 0 Å². The molecule has 2 nitrogen and oxygen atoms in total. The maximum absolute atomic E-state index is 6.29. The Hall–Kier alpha value is -3.52. The monoisotopic (exact) mass is 839 g/mol. The molecule has 62 heavy (non-hydrogen) atoms. The molecular weight excluding hydrogens is 749 g/mol. The van der Waals surface area contributed by atoms with Crippen LogP contribution in [-0.4, -0.2) is 0 Å². The summed E-state index contributed by atoms with van der Waals surface area (Å²) in [5, 5.41) is 0. The first kappa shape index (κ1) is 49.5. The van der Waals surface area contributed by atoms with Gasteiger partial charge in [-0.2, -0.15) is 0 Å². The zero-order valence-electron chi connectivity index (χ0n) is 40.5. The summed E-state index contributed by atoms with van der Waals surface area (Å²) in [7, 11) is 0. The third-order valence-electron chi connectivity index (χ3n) is 15.1. The van der Waals surface area contributed by atoms with E-state index >= 15 is 0 Å². The van der Waals surface area contributed by atoms with Crippen LogP contribution < -0.4 is 11.5 Å². The summed E-state index contributed by atoms with van der Waals surface area (Å²) in [5.41, 5.74) is 25.7. The normalized spacial score (nSPS) is 15.4. The largest absolute Gasteiger partial charge is 0.399 e. The molecule has 3 unspecified atom stereocenters. The van der Waals surface area contributed by atoms with Gasteiger partial charge in [-0.1, -0.05) is 223 Å². The number of aryl methyl sites for hydroxylation is 2. The Bertz CT molecular complexity index is 1680. The predicted molar refractivity (Wildman–Crippen MR) is 274 cm³/mol. The molecule has 2 heteroatoms. The molecule has 1 saturated carbocycles. The fourth-order valence-corrected chi connectivity index (χ4v) is 11.3. The Labute approximate surface area is 381 Å². The van der Waals surface area contributed by atoms with Gasteiger partial charge in [-0.05, 0) is 120 Å². The van der Waals surface area contributed by atoms with Crippen molar-refractivity contribution in [1.29, 1.82) is 0 Å². The fraction of sp³-hybridized carbons (Fsp3) is 0.600. The molecule has 0 radical (unpaired) electrons. The van der Waals surface area contributed by atoms with E-state index in [1.807, 2.05) is 0 Å². The number of nitrogens with two attached hydrogens (primary N) is 2. The van der Waals surface area contributed by atoms with E-state index < -0.39 is 0 Å². The van der Waals surface area contributed by atoms with Crippen LogP contribution in [0, 0.1) is 25.7 Å². The minimum atomic E-state index is 0.394. The van der Waals surface area contributed by atoms with Gasteiger partial charge < -0.3 is 11.5 Å². The molecule has 0 heterocycles. The van der Waals surface area contributed by atoms with Crippen LogP contribution in [0.1, 0.15) is 250 Å². The average Bonchev–Trinajstić information content (AvgIpc) is 3.28. The van der Waals surface area contributed by atoms with E-state index in [1.54, 1.807) is 0 Å². The summed E-state index contributed by atoms with van der Waals surface area (Å²) < 4.78 is 0. The van der Waals surface area contributed by atoms with Crippen molar-refractivity contribution < 1.29 is 0 Å². The number of nitrogen functional groups attached to an aromatic ring is 2. The molecule has 4 N–H and O–H groups in total. The topological polar surface area (TPSA) is 52.0 Å². The lowest BCUT2D eigenvalue weighted by Gasteiger charge is -2.32. The highest BCUT2D eigenvalue weighted by Crippen LogP contribution is 2.41. The fourth-order valence-electron chi connectivity index (χ4n) is 11.3. The van der Waals surface area contributed by atoms with Crippen molar-refractivity contribution in [1.82, 2.24) is 0 Å². The van der Waals surface area contributed by atoms with Crippen molar-refractivity contribution in [2.75, 3.05) is 11.5 Å². The standard InChI is InChI=1S/C60H90N2/c1-6-9-12-14-16-18-23-28-59(56-42-39-54(61)44-46(56)4)52-34-30-50(31-35-52)58(41-38-49(25-11-8-3)48-26-21-20-22-27-48)51-32-36-53(37-33-51)60(29-24-19-17-15-13-10-7-2)57-43-40-55(62)45-47(57)5/h30-37,39-40,42-45,48-49,58-60H,6-29,38,41,61-62H2,1-5H3. The molecule has 1 aliphatic carbocycles. The maximum atomic E-state index is 6.29.